The van der Waals surface area contributed by atoms with E-state index in [4.69, 9.17) is 9.84 Å². The van der Waals surface area contributed by atoms with E-state index in [2.05, 4.69) is 0 Å². The smallest absolute Gasteiger partial charge is 0.410 e. The highest BCUT2D eigenvalue weighted by Crippen LogP contribution is 2.10. The van der Waals surface area contributed by atoms with Crippen molar-refractivity contribution < 1.29 is 19.5 Å². The Morgan fingerprint density at radius 2 is 2.06 bits per heavy atom. The van der Waals surface area contributed by atoms with Gasteiger partial charge in [-0.1, -0.05) is 0 Å². The third kappa shape index (κ3) is 5.37. The van der Waals surface area contributed by atoms with Gasteiger partial charge >= 0.3 is 6.09 Å². The molecule has 1 fully saturated rings. The second kappa shape index (κ2) is 6.21. The van der Waals surface area contributed by atoms with Gasteiger partial charge in [0.05, 0.1) is 26.2 Å². The molecule has 0 bridgehead atoms. The standard InChI is InChI=1S/C12H24N2O3/c1-12(2,3)17-11(16)14-6-4-5-13(7-8-14)9-10-15/h15H,4-10H2,1-3H3/p+1. The van der Waals surface area contributed by atoms with Crippen molar-refractivity contribution in [1.29, 1.82) is 0 Å². The number of hydrogen-bond acceptors (Lipinski definition) is 3. The van der Waals surface area contributed by atoms with Crippen molar-refractivity contribution in [3.05, 3.63) is 0 Å². The molecule has 0 aromatic rings. The van der Waals surface area contributed by atoms with Crippen LogP contribution in [0.1, 0.15) is 27.2 Å². The highest BCUT2D eigenvalue weighted by atomic mass is 16.6. The van der Waals surface area contributed by atoms with E-state index in [0.29, 0.717) is 6.54 Å². The molecule has 100 valence electrons. The van der Waals surface area contributed by atoms with Crippen molar-refractivity contribution in [2.75, 3.05) is 39.3 Å². The van der Waals surface area contributed by atoms with Crippen molar-refractivity contribution in [3.8, 4) is 0 Å². The van der Waals surface area contributed by atoms with Gasteiger partial charge < -0.3 is 19.6 Å². The minimum Gasteiger partial charge on any atom is -0.444 e. The molecular weight excluding hydrogens is 220 g/mol. The van der Waals surface area contributed by atoms with E-state index in [1.165, 1.54) is 4.90 Å². The molecule has 1 saturated heterocycles. The Morgan fingerprint density at radius 1 is 1.35 bits per heavy atom. The first kappa shape index (κ1) is 14.3. The Hall–Kier alpha value is -0.810. The van der Waals surface area contributed by atoms with Crippen LogP contribution in [0.15, 0.2) is 0 Å². The maximum atomic E-state index is 11.9. The average Bonchev–Trinajstić information content (AvgIpc) is 2.41. The summed E-state index contributed by atoms with van der Waals surface area (Å²) in [5.41, 5.74) is -0.430. The first-order valence-corrected chi connectivity index (χ1v) is 6.35. The molecule has 1 atom stereocenters. The number of nitrogens with one attached hydrogen (secondary N) is 1. The van der Waals surface area contributed by atoms with Crippen molar-refractivity contribution in [3.63, 3.8) is 0 Å². The largest absolute Gasteiger partial charge is 0.444 e. The molecule has 1 unspecified atom stereocenters. The van der Waals surface area contributed by atoms with Crippen LogP contribution in [0.4, 0.5) is 4.79 Å². The van der Waals surface area contributed by atoms with Gasteiger partial charge in [-0.2, -0.15) is 0 Å². The van der Waals surface area contributed by atoms with Crippen LogP contribution in [0.3, 0.4) is 0 Å². The molecule has 5 heteroatoms. The average molecular weight is 245 g/mol. The maximum Gasteiger partial charge on any atom is 0.410 e. The van der Waals surface area contributed by atoms with Crippen molar-refractivity contribution in [1.82, 2.24) is 4.90 Å². The summed E-state index contributed by atoms with van der Waals surface area (Å²) in [6, 6.07) is 0. The van der Waals surface area contributed by atoms with Gasteiger partial charge in [-0.05, 0) is 20.8 Å². The van der Waals surface area contributed by atoms with Crippen LogP contribution >= 0.6 is 0 Å². The SMILES string of the molecule is CC(C)(C)OC(=O)N1CCC[NH+](CCO)CC1. The highest BCUT2D eigenvalue weighted by Gasteiger charge is 2.25. The Labute approximate surface area is 103 Å². The summed E-state index contributed by atoms with van der Waals surface area (Å²) in [5, 5.41) is 8.91. The van der Waals surface area contributed by atoms with Gasteiger partial charge in [-0.25, -0.2) is 4.79 Å². The van der Waals surface area contributed by atoms with Crippen molar-refractivity contribution >= 4 is 6.09 Å². The van der Waals surface area contributed by atoms with Crippen molar-refractivity contribution in [2.45, 2.75) is 32.8 Å². The second-order valence-corrected chi connectivity index (χ2v) is 5.54. The number of rotatable bonds is 2. The third-order valence-corrected chi connectivity index (χ3v) is 2.81. The second-order valence-electron chi connectivity index (χ2n) is 5.54. The Balaban J connectivity index is 2.43. The first-order chi connectivity index (χ1) is 7.92. The number of carbonyl (C=O) groups excluding carboxylic acids is 1. The fraction of sp³-hybridized carbons (Fsp3) is 0.917. The van der Waals surface area contributed by atoms with Crippen LogP contribution < -0.4 is 4.90 Å². The molecule has 0 spiro atoms. The summed E-state index contributed by atoms with van der Waals surface area (Å²) in [6.07, 6.45) is 0.747. The van der Waals surface area contributed by atoms with Gasteiger partial charge in [-0.15, -0.1) is 0 Å². The zero-order valence-corrected chi connectivity index (χ0v) is 11.2. The number of ether oxygens (including phenoxy) is 1. The minimum atomic E-state index is -0.430. The minimum absolute atomic E-state index is 0.210. The molecule has 0 aliphatic carbocycles. The van der Waals surface area contributed by atoms with Gasteiger partial charge in [0.1, 0.15) is 12.1 Å². The molecule has 0 aromatic carbocycles. The molecule has 0 saturated carbocycles. The van der Waals surface area contributed by atoms with E-state index < -0.39 is 5.60 Å². The molecule has 0 radical (unpaired) electrons. The summed E-state index contributed by atoms with van der Waals surface area (Å²) < 4.78 is 5.36. The molecule has 0 aromatic heterocycles. The molecule has 1 rings (SSSR count). The van der Waals surface area contributed by atoms with E-state index in [0.717, 1.165) is 32.6 Å². The van der Waals surface area contributed by atoms with E-state index in [1.807, 2.05) is 20.8 Å². The van der Waals surface area contributed by atoms with Gasteiger partial charge in [0.2, 0.25) is 0 Å². The molecule has 1 aliphatic heterocycles. The fourth-order valence-corrected chi connectivity index (χ4v) is 1.97. The number of carbonyl (C=O) groups is 1. The van der Waals surface area contributed by atoms with Gasteiger partial charge in [0.15, 0.2) is 0 Å². The van der Waals surface area contributed by atoms with Crippen LogP contribution in [0.5, 0.6) is 0 Å². The summed E-state index contributed by atoms with van der Waals surface area (Å²) in [7, 11) is 0. The zero-order valence-electron chi connectivity index (χ0n) is 11.2. The van der Waals surface area contributed by atoms with Crippen LogP contribution in [0.2, 0.25) is 0 Å². The topological polar surface area (TPSA) is 54.2 Å². The number of aliphatic hydroxyl groups is 1. The number of quaternary nitrogens is 1. The van der Waals surface area contributed by atoms with Crippen molar-refractivity contribution in [2.24, 2.45) is 0 Å². The number of amides is 1. The lowest BCUT2D eigenvalue weighted by molar-refractivity contribution is -0.898. The molecule has 17 heavy (non-hydrogen) atoms. The van der Waals surface area contributed by atoms with E-state index in [-0.39, 0.29) is 12.7 Å². The lowest BCUT2D eigenvalue weighted by Crippen LogP contribution is -3.12. The molecular formula is C12H25N2O3+. The fourth-order valence-electron chi connectivity index (χ4n) is 1.97. The van der Waals surface area contributed by atoms with Crippen LogP contribution in [-0.2, 0) is 4.74 Å². The maximum absolute atomic E-state index is 11.9. The van der Waals surface area contributed by atoms with Crippen LogP contribution in [0, 0.1) is 0 Å². The number of nitrogens with zero attached hydrogens (tertiary/aromatic N) is 1. The predicted octanol–water partition coefficient (Wildman–Crippen LogP) is -0.496. The lowest BCUT2D eigenvalue weighted by Gasteiger charge is -2.25. The summed E-state index contributed by atoms with van der Waals surface area (Å²) in [6.45, 7) is 9.99. The Kier molecular flexibility index (Phi) is 5.21. The Bertz CT molecular complexity index is 251. The van der Waals surface area contributed by atoms with E-state index >= 15 is 0 Å². The molecule has 1 heterocycles. The monoisotopic (exact) mass is 245 g/mol. The molecule has 2 N–H and O–H groups in total. The summed E-state index contributed by atoms with van der Waals surface area (Å²) in [5.74, 6) is 0. The van der Waals surface area contributed by atoms with Gasteiger partial charge in [0, 0.05) is 13.0 Å². The van der Waals surface area contributed by atoms with Gasteiger partial charge in [-0.3, -0.25) is 0 Å². The molecule has 5 nitrogen and oxygen atoms in total. The first-order valence-electron chi connectivity index (χ1n) is 6.35. The highest BCUT2D eigenvalue weighted by molar-refractivity contribution is 5.68. The predicted molar refractivity (Wildman–Crippen MR) is 65.1 cm³/mol. The lowest BCUT2D eigenvalue weighted by atomic mass is 10.2. The molecule has 1 aliphatic rings. The third-order valence-electron chi connectivity index (χ3n) is 2.81. The van der Waals surface area contributed by atoms with Gasteiger partial charge in [0.25, 0.3) is 0 Å². The zero-order chi connectivity index (χ0) is 12.9. The number of hydrogen-bond donors (Lipinski definition) is 2. The molecule has 1 amide bonds. The number of aliphatic hydroxyl groups excluding tert-OH is 1. The summed E-state index contributed by atoms with van der Waals surface area (Å²) in [4.78, 5) is 15.0. The Morgan fingerprint density at radius 3 is 2.65 bits per heavy atom. The quantitative estimate of drug-likeness (QED) is 0.690. The van der Waals surface area contributed by atoms with Crippen LogP contribution in [-0.4, -0.2) is 61.0 Å². The van der Waals surface area contributed by atoms with E-state index in [1.54, 1.807) is 4.90 Å². The van der Waals surface area contributed by atoms with Crippen LogP contribution in [0.25, 0.3) is 0 Å². The van der Waals surface area contributed by atoms with E-state index in [9.17, 15) is 4.79 Å². The summed E-state index contributed by atoms with van der Waals surface area (Å²) >= 11 is 0. The normalized spacial score (nSPS) is 22.1.